The minimum absolute atomic E-state index is 0. The maximum absolute atomic E-state index is 12.6. The highest BCUT2D eigenvalue weighted by Crippen LogP contribution is 2.32. The van der Waals surface area contributed by atoms with Gasteiger partial charge >= 0.3 is 0 Å². The van der Waals surface area contributed by atoms with Crippen molar-refractivity contribution in [3.8, 4) is 0 Å². The molecule has 0 spiro atoms. The standard InChI is InChI=1S/C16H24N2OS.ClH/c1-17-8-5-12-6-9-18(10-7-12)16(19)15-11-13-3-2-4-14(13)20-15;/h11-12,17H,2-10H2,1H3;1H. The smallest absolute Gasteiger partial charge is 0.263 e. The van der Waals surface area contributed by atoms with Gasteiger partial charge in [-0.25, -0.2) is 0 Å². The number of fused-ring (bicyclic) bond motifs is 1. The molecule has 118 valence electrons. The molecule has 1 saturated heterocycles. The Hall–Kier alpha value is -0.580. The zero-order chi connectivity index (χ0) is 13.9. The fraction of sp³-hybridized carbons (Fsp3) is 0.688. The fourth-order valence-corrected chi connectivity index (χ4v) is 4.59. The first-order valence-corrected chi connectivity index (χ1v) is 8.65. The Kier molecular flexibility index (Phi) is 6.08. The van der Waals surface area contributed by atoms with Crippen LogP contribution in [0.1, 0.15) is 45.8 Å². The van der Waals surface area contributed by atoms with Crippen LogP contribution in [0.4, 0.5) is 0 Å². The maximum atomic E-state index is 12.6. The molecular formula is C16H25ClN2OS. The SMILES string of the molecule is CNCCC1CCN(C(=O)c2cc3c(s2)CCC3)CC1.Cl. The minimum atomic E-state index is 0. The topological polar surface area (TPSA) is 32.3 Å². The highest BCUT2D eigenvalue weighted by molar-refractivity contribution is 7.14. The second-order valence-electron chi connectivity index (χ2n) is 6.04. The van der Waals surface area contributed by atoms with Gasteiger partial charge in [0.1, 0.15) is 0 Å². The highest BCUT2D eigenvalue weighted by Gasteiger charge is 2.26. The second-order valence-corrected chi connectivity index (χ2v) is 7.18. The van der Waals surface area contributed by atoms with E-state index in [2.05, 4.69) is 16.3 Å². The summed E-state index contributed by atoms with van der Waals surface area (Å²) in [6.45, 7) is 2.97. The van der Waals surface area contributed by atoms with Gasteiger partial charge in [0.2, 0.25) is 0 Å². The van der Waals surface area contributed by atoms with Crippen molar-refractivity contribution in [3.63, 3.8) is 0 Å². The van der Waals surface area contributed by atoms with Crippen molar-refractivity contribution in [2.24, 2.45) is 5.92 Å². The summed E-state index contributed by atoms with van der Waals surface area (Å²) in [6, 6.07) is 2.16. The zero-order valence-corrected chi connectivity index (χ0v) is 14.3. The van der Waals surface area contributed by atoms with Crippen LogP contribution in [0.15, 0.2) is 6.07 Å². The number of nitrogens with one attached hydrogen (secondary N) is 1. The second kappa shape index (κ2) is 7.61. The van der Waals surface area contributed by atoms with Crippen LogP contribution in [0.3, 0.4) is 0 Å². The van der Waals surface area contributed by atoms with E-state index >= 15 is 0 Å². The number of halogens is 1. The van der Waals surface area contributed by atoms with Crippen LogP contribution in [0.25, 0.3) is 0 Å². The number of hydrogen-bond donors (Lipinski definition) is 1. The number of aryl methyl sites for hydroxylation is 2. The lowest BCUT2D eigenvalue weighted by Crippen LogP contribution is -2.38. The van der Waals surface area contributed by atoms with Crippen molar-refractivity contribution in [2.45, 2.75) is 38.5 Å². The third kappa shape index (κ3) is 3.79. The largest absolute Gasteiger partial charge is 0.338 e. The third-order valence-corrected chi connectivity index (χ3v) is 5.89. The molecule has 1 aromatic rings. The van der Waals surface area contributed by atoms with Gasteiger partial charge in [-0.05, 0) is 69.7 Å². The van der Waals surface area contributed by atoms with Gasteiger partial charge in [-0.2, -0.15) is 0 Å². The summed E-state index contributed by atoms with van der Waals surface area (Å²) in [4.78, 5) is 17.0. The molecule has 1 aliphatic carbocycles. The Morgan fingerprint density at radius 1 is 1.38 bits per heavy atom. The Labute approximate surface area is 137 Å². The van der Waals surface area contributed by atoms with Crippen LogP contribution in [-0.2, 0) is 12.8 Å². The molecule has 1 fully saturated rings. The number of nitrogens with zero attached hydrogens (tertiary/aromatic N) is 1. The van der Waals surface area contributed by atoms with Gasteiger partial charge in [0, 0.05) is 18.0 Å². The lowest BCUT2D eigenvalue weighted by atomic mass is 9.93. The number of thiophene rings is 1. The van der Waals surface area contributed by atoms with Crippen LogP contribution in [-0.4, -0.2) is 37.5 Å². The zero-order valence-electron chi connectivity index (χ0n) is 12.7. The lowest BCUT2D eigenvalue weighted by molar-refractivity contribution is 0.0692. The van der Waals surface area contributed by atoms with Gasteiger partial charge in [0.15, 0.2) is 0 Å². The summed E-state index contributed by atoms with van der Waals surface area (Å²) in [5.74, 6) is 1.07. The molecule has 2 heterocycles. The number of carbonyl (C=O) groups excluding carboxylic acids is 1. The quantitative estimate of drug-likeness (QED) is 0.921. The molecular weight excluding hydrogens is 304 g/mol. The van der Waals surface area contributed by atoms with Crippen LogP contribution in [0, 0.1) is 5.92 Å². The van der Waals surface area contributed by atoms with E-state index in [1.165, 1.54) is 49.0 Å². The first-order chi connectivity index (χ1) is 9.78. The van der Waals surface area contributed by atoms with E-state index in [0.29, 0.717) is 0 Å². The van der Waals surface area contributed by atoms with Crippen molar-refractivity contribution in [1.82, 2.24) is 10.2 Å². The van der Waals surface area contributed by atoms with Crippen molar-refractivity contribution in [3.05, 3.63) is 21.4 Å². The van der Waals surface area contributed by atoms with Gasteiger partial charge in [-0.1, -0.05) is 0 Å². The average molecular weight is 329 g/mol. The molecule has 1 aromatic heterocycles. The van der Waals surface area contributed by atoms with E-state index in [-0.39, 0.29) is 18.3 Å². The Morgan fingerprint density at radius 2 is 2.14 bits per heavy atom. The van der Waals surface area contributed by atoms with Crippen molar-refractivity contribution < 1.29 is 4.79 Å². The molecule has 5 heteroatoms. The summed E-state index contributed by atoms with van der Waals surface area (Å²) in [7, 11) is 2.01. The highest BCUT2D eigenvalue weighted by atomic mass is 35.5. The monoisotopic (exact) mass is 328 g/mol. The number of amides is 1. The molecule has 1 aliphatic heterocycles. The summed E-state index contributed by atoms with van der Waals surface area (Å²) >= 11 is 1.74. The molecule has 2 aliphatic rings. The third-order valence-electron chi connectivity index (χ3n) is 4.66. The molecule has 0 bridgehead atoms. The van der Waals surface area contributed by atoms with E-state index < -0.39 is 0 Å². The van der Waals surface area contributed by atoms with E-state index in [9.17, 15) is 4.79 Å². The Balaban J connectivity index is 0.00000161. The van der Waals surface area contributed by atoms with Crippen molar-refractivity contribution in [1.29, 1.82) is 0 Å². The number of likely N-dealkylation sites (tertiary alicyclic amines) is 1. The normalized spacial score (nSPS) is 18.4. The molecule has 1 amide bonds. The number of rotatable bonds is 4. The van der Waals surface area contributed by atoms with E-state index in [1.54, 1.807) is 11.3 Å². The molecule has 1 N–H and O–H groups in total. The number of carbonyl (C=O) groups is 1. The van der Waals surface area contributed by atoms with Gasteiger partial charge in [0.25, 0.3) is 5.91 Å². The average Bonchev–Trinajstić information content (AvgIpc) is 3.06. The van der Waals surface area contributed by atoms with E-state index in [0.717, 1.165) is 30.4 Å². The van der Waals surface area contributed by atoms with Gasteiger partial charge in [0.05, 0.1) is 4.88 Å². The fourth-order valence-electron chi connectivity index (χ4n) is 3.36. The Bertz CT molecular complexity index is 459. The summed E-state index contributed by atoms with van der Waals surface area (Å²) in [5, 5.41) is 3.22. The predicted octanol–water partition coefficient (Wildman–Crippen LogP) is 3.12. The molecule has 3 rings (SSSR count). The summed E-state index contributed by atoms with van der Waals surface area (Å²) in [5.41, 5.74) is 1.43. The van der Waals surface area contributed by atoms with E-state index in [4.69, 9.17) is 0 Å². The van der Waals surface area contributed by atoms with Crippen LogP contribution in [0.2, 0.25) is 0 Å². The summed E-state index contributed by atoms with van der Waals surface area (Å²) < 4.78 is 0. The van der Waals surface area contributed by atoms with Gasteiger partial charge in [-0.15, -0.1) is 23.7 Å². The van der Waals surface area contributed by atoms with Crippen molar-refractivity contribution >= 4 is 29.7 Å². The minimum Gasteiger partial charge on any atom is -0.338 e. The Morgan fingerprint density at radius 3 is 2.81 bits per heavy atom. The molecule has 0 aromatic carbocycles. The van der Waals surface area contributed by atoms with E-state index in [1.807, 2.05) is 7.05 Å². The molecule has 0 atom stereocenters. The van der Waals surface area contributed by atoms with Crippen LogP contribution in [0.5, 0.6) is 0 Å². The van der Waals surface area contributed by atoms with Gasteiger partial charge < -0.3 is 10.2 Å². The molecule has 3 nitrogen and oxygen atoms in total. The number of hydrogen-bond acceptors (Lipinski definition) is 3. The molecule has 21 heavy (non-hydrogen) atoms. The van der Waals surface area contributed by atoms with Crippen LogP contribution >= 0.6 is 23.7 Å². The first kappa shape index (κ1) is 16.8. The van der Waals surface area contributed by atoms with Gasteiger partial charge in [-0.3, -0.25) is 4.79 Å². The predicted molar refractivity (Wildman–Crippen MR) is 90.8 cm³/mol. The summed E-state index contributed by atoms with van der Waals surface area (Å²) in [6.07, 6.45) is 7.19. The van der Waals surface area contributed by atoms with Crippen molar-refractivity contribution in [2.75, 3.05) is 26.7 Å². The molecule has 0 saturated carbocycles. The lowest BCUT2D eigenvalue weighted by Gasteiger charge is -2.31. The van der Waals surface area contributed by atoms with Crippen LogP contribution < -0.4 is 5.32 Å². The number of piperidine rings is 1. The molecule has 0 unspecified atom stereocenters. The first-order valence-electron chi connectivity index (χ1n) is 7.83. The molecule has 0 radical (unpaired) electrons. The maximum Gasteiger partial charge on any atom is 0.263 e.